The Hall–Kier alpha value is -2.83. The van der Waals surface area contributed by atoms with E-state index in [2.05, 4.69) is 10.6 Å². The van der Waals surface area contributed by atoms with Crippen LogP contribution >= 0.6 is 22.9 Å². The molecule has 2 aromatic carbocycles. The van der Waals surface area contributed by atoms with Gasteiger partial charge in [-0.15, -0.1) is 11.3 Å². The molecule has 1 aromatic heterocycles. The van der Waals surface area contributed by atoms with E-state index in [1.807, 2.05) is 43.5 Å². The van der Waals surface area contributed by atoms with Crippen molar-refractivity contribution >= 4 is 40.4 Å². The van der Waals surface area contributed by atoms with Gasteiger partial charge in [-0.2, -0.15) is 0 Å². The van der Waals surface area contributed by atoms with Crippen LogP contribution in [0.3, 0.4) is 0 Å². The van der Waals surface area contributed by atoms with Crippen LogP contribution in [-0.4, -0.2) is 17.9 Å². The molecule has 3 aromatic rings. The molecule has 0 aliphatic carbocycles. The fourth-order valence-electron chi connectivity index (χ4n) is 2.65. The fraction of sp³-hybridized carbons (Fsp3) is 0.182. The van der Waals surface area contributed by atoms with Crippen LogP contribution in [0.1, 0.15) is 39.4 Å². The molecule has 0 fully saturated rings. The van der Waals surface area contributed by atoms with E-state index >= 15 is 0 Å². The predicted octanol–water partition coefficient (Wildman–Crippen LogP) is 5.37. The zero-order valence-electron chi connectivity index (χ0n) is 16.1. The fourth-order valence-corrected chi connectivity index (χ4v) is 3.43. The number of halogens is 1. The number of hydrogen-bond acceptors (Lipinski definition) is 4. The van der Waals surface area contributed by atoms with Gasteiger partial charge in [-0.25, -0.2) is 0 Å². The Morgan fingerprint density at radius 3 is 2.59 bits per heavy atom. The molecule has 2 N–H and O–H groups in total. The van der Waals surface area contributed by atoms with E-state index in [0.717, 1.165) is 11.3 Å². The molecule has 0 saturated carbocycles. The van der Waals surface area contributed by atoms with E-state index in [1.54, 1.807) is 30.3 Å². The van der Waals surface area contributed by atoms with E-state index in [1.165, 1.54) is 11.3 Å². The third-order valence-electron chi connectivity index (χ3n) is 4.00. The number of carbonyl (C=O) groups is 2. The van der Waals surface area contributed by atoms with Crippen molar-refractivity contribution in [3.63, 3.8) is 0 Å². The van der Waals surface area contributed by atoms with Crippen molar-refractivity contribution in [2.75, 3.05) is 5.32 Å². The average Bonchev–Trinajstić information content (AvgIpc) is 3.23. The van der Waals surface area contributed by atoms with Crippen molar-refractivity contribution in [1.29, 1.82) is 0 Å². The minimum atomic E-state index is -0.271. The smallest absolute Gasteiger partial charge is 0.265 e. The molecule has 5 nitrogen and oxygen atoms in total. The maximum absolute atomic E-state index is 12.6. The molecule has 0 radical (unpaired) electrons. The first-order valence-corrected chi connectivity index (χ1v) is 10.4. The van der Waals surface area contributed by atoms with Crippen molar-refractivity contribution in [2.45, 2.75) is 26.5 Å². The van der Waals surface area contributed by atoms with Crippen molar-refractivity contribution in [3.05, 3.63) is 81.0 Å². The molecule has 0 saturated heterocycles. The van der Waals surface area contributed by atoms with Gasteiger partial charge >= 0.3 is 0 Å². The number of para-hydroxylation sites is 1. The molecule has 2 amide bonds. The van der Waals surface area contributed by atoms with E-state index < -0.39 is 0 Å². The van der Waals surface area contributed by atoms with Gasteiger partial charge in [-0.05, 0) is 49.6 Å². The molecule has 0 spiro atoms. The Bertz CT molecular complexity index is 1000. The van der Waals surface area contributed by atoms with Gasteiger partial charge in [0.05, 0.1) is 21.7 Å². The summed E-state index contributed by atoms with van der Waals surface area (Å²) in [5, 5.41) is 7.82. The number of hydrogen-bond donors (Lipinski definition) is 2. The lowest BCUT2D eigenvalue weighted by atomic mass is 10.1. The standard InChI is InChI=1S/C22H21ClN2O3S/c1-14(2)28-19-7-4-3-6-16(19)13-24-21(26)15-9-10-17(23)18(12-15)25-22(27)20-8-5-11-29-20/h3-12,14H,13H2,1-2H3,(H,24,26)(H,25,27). The third-order valence-corrected chi connectivity index (χ3v) is 5.19. The molecule has 1 heterocycles. The van der Waals surface area contributed by atoms with Crippen LogP contribution in [0.5, 0.6) is 5.75 Å². The maximum Gasteiger partial charge on any atom is 0.265 e. The molecule has 0 unspecified atom stereocenters. The van der Waals surface area contributed by atoms with Crippen LogP contribution in [0.25, 0.3) is 0 Å². The molecular weight excluding hydrogens is 408 g/mol. The number of nitrogens with one attached hydrogen (secondary N) is 2. The summed E-state index contributed by atoms with van der Waals surface area (Å²) in [6, 6.07) is 15.9. The monoisotopic (exact) mass is 428 g/mol. The van der Waals surface area contributed by atoms with Gasteiger partial charge in [-0.1, -0.05) is 35.9 Å². The summed E-state index contributed by atoms with van der Waals surface area (Å²) < 4.78 is 5.78. The lowest BCUT2D eigenvalue weighted by Crippen LogP contribution is -2.23. The molecular formula is C22H21ClN2O3S. The van der Waals surface area contributed by atoms with Crippen LogP contribution < -0.4 is 15.4 Å². The number of anilines is 1. The van der Waals surface area contributed by atoms with E-state index in [9.17, 15) is 9.59 Å². The van der Waals surface area contributed by atoms with Crippen LogP contribution in [0.4, 0.5) is 5.69 Å². The van der Waals surface area contributed by atoms with E-state index in [0.29, 0.717) is 27.7 Å². The second-order valence-corrected chi connectivity index (χ2v) is 7.94. The number of benzene rings is 2. The quantitative estimate of drug-likeness (QED) is 0.531. The molecule has 7 heteroatoms. The van der Waals surface area contributed by atoms with Gasteiger partial charge in [0.1, 0.15) is 5.75 Å². The second kappa shape index (κ2) is 9.58. The zero-order chi connectivity index (χ0) is 20.8. The number of carbonyl (C=O) groups excluding carboxylic acids is 2. The second-order valence-electron chi connectivity index (χ2n) is 6.58. The molecule has 0 atom stereocenters. The Kier molecular flexibility index (Phi) is 6.90. The molecule has 0 aliphatic heterocycles. The Morgan fingerprint density at radius 1 is 1.07 bits per heavy atom. The first-order chi connectivity index (χ1) is 13.9. The largest absolute Gasteiger partial charge is 0.491 e. The summed E-state index contributed by atoms with van der Waals surface area (Å²) >= 11 is 7.52. The van der Waals surface area contributed by atoms with Crippen LogP contribution in [-0.2, 0) is 6.54 Å². The number of thiophene rings is 1. The summed E-state index contributed by atoms with van der Waals surface area (Å²) in [5.41, 5.74) is 1.68. The highest BCUT2D eigenvalue weighted by Crippen LogP contribution is 2.25. The van der Waals surface area contributed by atoms with Crippen molar-refractivity contribution in [3.8, 4) is 5.75 Å². The summed E-state index contributed by atoms with van der Waals surface area (Å²) in [6.45, 7) is 4.23. The highest BCUT2D eigenvalue weighted by molar-refractivity contribution is 7.12. The molecule has 0 aliphatic rings. The van der Waals surface area contributed by atoms with E-state index in [4.69, 9.17) is 16.3 Å². The Balaban J connectivity index is 1.69. The summed E-state index contributed by atoms with van der Waals surface area (Å²) in [6.07, 6.45) is 0.0395. The normalized spacial score (nSPS) is 10.6. The minimum Gasteiger partial charge on any atom is -0.491 e. The van der Waals surface area contributed by atoms with Gasteiger partial charge in [0.25, 0.3) is 11.8 Å². The highest BCUT2D eigenvalue weighted by Gasteiger charge is 2.14. The first kappa shape index (κ1) is 20.9. The van der Waals surface area contributed by atoms with Crippen LogP contribution in [0.2, 0.25) is 5.02 Å². The first-order valence-electron chi connectivity index (χ1n) is 9.11. The number of amides is 2. The summed E-state index contributed by atoms with van der Waals surface area (Å²) in [4.78, 5) is 25.5. The lowest BCUT2D eigenvalue weighted by Gasteiger charge is -2.15. The van der Waals surface area contributed by atoms with Crippen molar-refractivity contribution < 1.29 is 14.3 Å². The molecule has 3 rings (SSSR count). The molecule has 150 valence electrons. The lowest BCUT2D eigenvalue weighted by molar-refractivity contribution is 0.0949. The maximum atomic E-state index is 12.6. The SMILES string of the molecule is CC(C)Oc1ccccc1CNC(=O)c1ccc(Cl)c(NC(=O)c2cccs2)c1. The minimum absolute atomic E-state index is 0.0395. The Labute approximate surface area is 178 Å². The Morgan fingerprint density at radius 2 is 1.86 bits per heavy atom. The van der Waals surface area contributed by atoms with Crippen molar-refractivity contribution in [1.82, 2.24) is 5.32 Å². The molecule has 0 bridgehead atoms. The number of ether oxygens (including phenoxy) is 1. The van der Waals surface area contributed by atoms with Gasteiger partial charge in [0.2, 0.25) is 0 Å². The topological polar surface area (TPSA) is 67.4 Å². The van der Waals surface area contributed by atoms with Gasteiger partial charge in [0, 0.05) is 17.7 Å². The van der Waals surface area contributed by atoms with Crippen LogP contribution in [0, 0.1) is 0 Å². The third kappa shape index (κ3) is 5.59. The predicted molar refractivity (Wildman–Crippen MR) is 117 cm³/mol. The summed E-state index contributed by atoms with van der Waals surface area (Å²) in [5.74, 6) is 0.203. The highest BCUT2D eigenvalue weighted by atomic mass is 35.5. The van der Waals surface area contributed by atoms with Crippen LogP contribution in [0.15, 0.2) is 60.0 Å². The van der Waals surface area contributed by atoms with E-state index in [-0.39, 0.29) is 17.9 Å². The van der Waals surface area contributed by atoms with Gasteiger partial charge in [-0.3, -0.25) is 9.59 Å². The summed E-state index contributed by atoms with van der Waals surface area (Å²) in [7, 11) is 0. The molecule has 29 heavy (non-hydrogen) atoms. The average molecular weight is 429 g/mol. The zero-order valence-corrected chi connectivity index (χ0v) is 17.6. The van der Waals surface area contributed by atoms with Gasteiger partial charge < -0.3 is 15.4 Å². The van der Waals surface area contributed by atoms with Crippen molar-refractivity contribution in [2.24, 2.45) is 0 Å². The number of rotatable bonds is 7. The van der Waals surface area contributed by atoms with Gasteiger partial charge in [0.15, 0.2) is 0 Å².